The number of anilines is 1. The second kappa shape index (κ2) is 9.60. The van der Waals surface area contributed by atoms with Gasteiger partial charge in [0.15, 0.2) is 5.82 Å². The van der Waals surface area contributed by atoms with Gasteiger partial charge in [0.1, 0.15) is 0 Å². The predicted octanol–water partition coefficient (Wildman–Crippen LogP) is 6.45. The third kappa shape index (κ3) is 4.57. The van der Waals surface area contributed by atoms with Crippen molar-refractivity contribution in [2.75, 3.05) is 11.1 Å². The smallest absolute Gasteiger partial charge is 0.234 e. The van der Waals surface area contributed by atoms with Crippen LogP contribution in [0, 0.1) is 0 Å². The average Bonchev–Trinajstić information content (AvgIpc) is 3.49. The molecule has 0 saturated carbocycles. The molecule has 0 saturated heterocycles. The fourth-order valence-electron chi connectivity index (χ4n) is 3.22. The van der Waals surface area contributed by atoms with Gasteiger partial charge in [-0.2, -0.15) is 11.3 Å². The molecule has 1 N–H and O–H groups in total. The minimum atomic E-state index is -0.0806. The topological polar surface area (TPSA) is 59.8 Å². The number of amides is 1. The fraction of sp³-hybridized carbons (Fsp3) is 0.0417. The first-order valence-electron chi connectivity index (χ1n) is 9.90. The van der Waals surface area contributed by atoms with Gasteiger partial charge >= 0.3 is 0 Å². The molecule has 0 unspecified atom stereocenters. The van der Waals surface area contributed by atoms with Gasteiger partial charge in [-0.15, -0.1) is 10.2 Å². The number of nitrogens with zero attached hydrogens (tertiary/aromatic N) is 3. The minimum absolute atomic E-state index is 0.0806. The highest BCUT2D eigenvalue weighted by Crippen LogP contribution is 2.36. The summed E-state index contributed by atoms with van der Waals surface area (Å²) in [7, 11) is 0. The number of carbonyl (C=O) groups excluding carboxylic acids is 1. The van der Waals surface area contributed by atoms with E-state index >= 15 is 0 Å². The molecule has 5 aromatic rings. The van der Waals surface area contributed by atoms with Crippen molar-refractivity contribution in [2.24, 2.45) is 0 Å². The molecule has 0 radical (unpaired) electrons. The lowest BCUT2D eigenvalue weighted by Crippen LogP contribution is -2.14. The van der Waals surface area contributed by atoms with Crippen LogP contribution in [0.3, 0.4) is 0 Å². The van der Waals surface area contributed by atoms with E-state index in [4.69, 9.17) is 0 Å². The van der Waals surface area contributed by atoms with Crippen molar-refractivity contribution in [3.8, 4) is 11.4 Å². The average molecular weight is 475 g/mol. The van der Waals surface area contributed by atoms with Gasteiger partial charge in [0.25, 0.3) is 0 Å². The van der Waals surface area contributed by atoms with Gasteiger partial charge in [-0.25, -0.2) is 3.97 Å². The standard InChI is InChI=1S/C24H18N4OS3/c29-22(25-19-9-2-1-3-10-19)16-31-24-27-26-23(18-13-14-30-15-18)28(24)32-21-12-6-8-17-7-4-5-11-20(17)21/h1-15H,16H2,(H,25,29). The molecule has 2 heterocycles. The van der Waals surface area contributed by atoms with Crippen molar-refractivity contribution in [1.29, 1.82) is 0 Å². The summed E-state index contributed by atoms with van der Waals surface area (Å²) in [6, 6.07) is 26.1. The minimum Gasteiger partial charge on any atom is -0.325 e. The van der Waals surface area contributed by atoms with E-state index in [0.717, 1.165) is 22.0 Å². The van der Waals surface area contributed by atoms with Gasteiger partial charge in [0.2, 0.25) is 11.1 Å². The summed E-state index contributed by atoms with van der Waals surface area (Å²) in [5.74, 6) is 0.936. The Morgan fingerprint density at radius 1 is 0.938 bits per heavy atom. The highest BCUT2D eigenvalue weighted by molar-refractivity contribution is 8.01. The van der Waals surface area contributed by atoms with E-state index in [-0.39, 0.29) is 11.7 Å². The van der Waals surface area contributed by atoms with Gasteiger partial charge in [-0.05, 0) is 52.4 Å². The van der Waals surface area contributed by atoms with Crippen molar-refractivity contribution < 1.29 is 4.79 Å². The Morgan fingerprint density at radius 2 is 1.75 bits per heavy atom. The van der Waals surface area contributed by atoms with Gasteiger partial charge in [-0.3, -0.25) is 4.79 Å². The molecule has 0 aliphatic rings. The van der Waals surface area contributed by atoms with Crippen LogP contribution >= 0.6 is 35.0 Å². The number of benzene rings is 3. The van der Waals surface area contributed by atoms with E-state index in [0.29, 0.717) is 5.16 Å². The van der Waals surface area contributed by atoms with Crippen LogP contribution in [0.25, 0.3) is 22.2 Å². The number of carbonyl (C=O) groups is 1. The molecule has 0 aliphatic heterocycles. The summed E-state index contributed by atoms with van der Waals surface area (Å²) in [5, 5.41) is 18.9. The van der Waals surface area contributed by atoms with Crippen LogP contribution in [0.1, 0.15) is 0 Å². The zero-order valence-corrected chi connectivity index (χ0v) is 19.3. The lowest BCUT2D eigenvalue weighted by Gasteiger charge is -2.11. The summed E-state index contributed by atoms with van der Waals surface area (Å²) in [5.41, 5.74) is 1.79. The molecule has 5 rings (SSSR count). The van der Waals surface area contributed by atoms with E-state index in [2.05, 4.69) is 51.2 Å². The summed E-state index contributed by atoms with van der Waals surface area (Å²) < 4.78 is 2.02. The maximum Gasteiger partial charge on any atom is 0.234 e. The van der Waals surface area contributed by atoms with E-state index in [1.165, 1.54) is 22.5 Å². The highest BCUT2D eigenvalue weighted by atomic mass is 32.2. The van der Waals surface area contributed by atoms with Crippen molar-refractivity contribution in [3.63, 3.8) is 0 Å². The molecule has 158 valence electrons. The number of hydrogen-bond donors (Lipinski definition) is 1. The Bertz CT molecular complexity index is 1350. The number of hydrogen-bond acceptors (Lipinski definition) is 6. The van der Waals surface area contributed by atoms with Gasteiger partial charge in [-0.1, -0.05) is 66.4 Å². The molecule has 2 aromatic heterocycles. The molecule has 8 heteroatoms. The maximum absolute atomic E-state index is 12.5. The fourth-order valence-corrected chi connectivity index (χ4v) is 5.72. The van der Waals surface area contributed by atoms with Crippen LogP contribution in [0.4, 0.5) is 5.69 Å². The van der Waals surface area contributed by atoms with E-state index in [9.17, 15) is 4.79 Å². The molecule has 0 bridgehead atoms. The van der Waals surface area contributed by atoms with Crippen molar-refractivity contribution in [3.05, 3.63) is 89.6 Å². The lowest BCUT2D eigenvalue weighted by atomic mass is 10.1. The number of aromatic nitrogens is 3. The quantitative estimate of drug-likeness (QED) is 0.275. The first-order chi connectivity index (χ1) is 15.8. The zero-order chi connectivity index (χ0) is 21.8. The second-order valence-electron chi connectivity index (χ2n) is 6.88. The maximum atomic E-state index is 12.5. The molecular formula is C24H18N4OS3. The van der Waals surface area contributed by atoms with Crippen molar-refractivity contribution >= 4 is 57.4 Å². The Labute approximate surface area is 198 Å². The van der Waals surface area contributed by atoms with Crippen LogP contribution in [0.15, 0.2) is 99.7 Å². The largest absolute Gasteiger partial charge is 0.325 e. The second-order valence-corrected chi connectivity index (χ2v) is 9.59. The first kappa shape index (κ1) is 20.8. The van der Waals surface area contributed by atoms with E-state index in [1.807, 2.05) is 57.9 Å². The Kier molecular flexibility index (Phi) is 6.24. The predicted molar refractivity (Wildman–Crippen MR) is 134 cm³/mol. The van der Waals surface area contributed by atoms with Crippen molar-refractivity contribution in [1.82, 2.24) is 14.2 Å². The van der Waals surface area contributed by atoms with E-state index in [1.54, 1.807) is 23.3 Å². The number of para-hydroxylation sites is 1. The Morgan fingerprint density at radius 3 is 2.59 bits per heavy atom. The molecular weight excluding hydrogens is 456 g/mol. The van der Waals surface area contributed by atoms with Crippen LogP contribution in [-0.4, -0.2) is 25.8 Å². The van der Waals surface area contributed by atoms with Gasteiger partial charge in [0.05, 0.1) is 5.75 Å². The number of nitrogens with one attached hydrogen (secondary N) is 1. The van der Waals surface area contributed by atoms with Gasteiger partial charge < -0.3 is 5.32 Å². The summed E-state index contributed by atoms with van der Waals surface area (Å²) in [6.45, 7) is 0. The number of fused-ring (bicyclic) bond motifs is 1. The summed E-state index contributed by atoms with van der Waals surface area (Å²) in [4.78, 5) is 13.6. The van der Waals surface area contributed by atoms with E-state index < -0.39 is 0 Å². The SMILES string of the molecule is O=C(CSc1nnc(-c2ccsc2)n1Sc1cccc2ccccc12)Nc1ccccc1. The Hall–Kier alpha value is -3.07. The molecule has 0 atom stereocenters. The molecule has 5 nitrogen and oxygen atoms in total. The molecule has 0 spiro atoms. The van der Waals surface area contributed by atoms with Gasteiger partial charge in [0, 0.05) is 21.5 Å². The number of rotatable bonds is 7. The molecule has 32 heavy (non-hydrogen) atoms. The molecule has 3 aromatic carbocycles. The normalized spacial score (nSPS) is 11.0. The van der Waals surface area contributed by atoms with Crippen LogP contribution in [0.2, 0.25) is 0 Å². The van der Waals surface area contributed by atoms with Crippen LogP contribution in [0.5, 0.6) is 0 Å². The Balaban J connectivity index is 1.43. The molecule has 0 aliphatic carbocycles. The third-order valence-corrected chi connectivity index (χ3v) is 7.51. The molecule has 0 fully saturated rings. The number of thioether (sulfide) groups is 1. The first-order valence-corrected chi connectivity index (χ1v) is 12.6. The number of thiophene rings is 1. The lowest BCUT2D eigenvalue weighted by molar-refractivity contribution is -0.113. The molecule has 1 amide bonds. The van der Waals surface area contributed by atoms with Crippen LogP contribution < -0.4 is 5.32 Å². The highest BCUT2D eigenvalue weighted by Gasteiger charge is 2.18. The van der Waals surface area contributed by atoms with Crippen molar-refractivity contribution in [2.45, 2.75) is 10.1 Å². The summed E-state index contributed by atoms with van der Waals surface area (Å²) in [6.07, 6.45) is 0. The monoisotopic (exact) mass is 474 g/mol. The van der Waals surface area contributed by atoms with Crippen LogP contribution in [-0.2, 0) is 4.79 Å². The summed E-state index contributed by atoms with van der Waals surface area (Å²) >= 11 is 4.57. The third-order valence-electron chi connectivity index (χ3n) is 4.70. The zero-order valence-electron chi connectivity index (χ0n) is 16.8.